The Labute approximate surface area is 95.1 Å². The number of hydrogen-bond acceptors (Lipinski definition) is 1. The van der Waals surface area contributed by atoms with Gasteiger partial charge in [0.15, 0.2) is 0 Å². The maximum absolute atomic E-state index is 13.0. The van der Waals surface area contributed by atoms with Gasteiger partial charge in [0, 0.05) is 6.07 Å². The first-order chi connectivity index (χ1) is 7.40. The number of aliphatic hydroxyl groups excluding tert-OH is 1. The predicted molar refractivity (Wildman–Crippen MR) is 60.1 cm³/mol. The number of halogens is 2. The molecule has 2 atom stereocenters. The van der Waals surface area contributed by atoms with Crippen molar-refractivity contribution < 1.29 is 13.9 Å². The fraction of sp³-hybridized carbons (Fsp3) is 0.538. The Morgan fingerprint density at radius 3 is 1.94 bits per heavy atom. The molecule has 0 aliphatic carbocycles. The van der Waals surface area contributed by atoms with Gasteiger partial charge in [0.05, 0.1) is 6.10 Å². The van der Waals surface area contributed by atoms with Gasteiger partial charge in [-0.25, -0.2) is 8.78 Å². The van der Waals surface area contributed by atoms with Gasteiger partial charge in [0.1, 0.15) is 11.6 Å². The molecule has 1 rings (SSSR count). The monoisotopic (exact) mass is 228 g/mol. The quantitative estimate of drug-likeness (QED) is 0.839. The molecule has 0 aliphatic heterocycles. The third kappa shape index (κ3) is 3.56. The van der Waals surface area contributed by atoms with E-state index >= 15 is 0 Å². The van der Waals surface area contributed by atoms with Gasteiger partial charge < -0.3 is 5.11 Å². The maximum atomic E-state index is 13.0. The standard InChI is InChI=1S/C13H18F2O/c1-8(2)13(9(3)16)6-10-4-11(14)7-12(15)5-10/h4-5,7-9,13,16H,6H2,1-3H3. The largest absolute Gasteiger partial charge is 0.393 e. The van der Waals surface area contributed by atoms with Crippen molar-refractivity contribution in [1.29, 1.82) is 0 Å². The first-order valence-electron chi connectivity index (χ1n) is 5.53. The van der Waals surface area contributed by atoms with E-state index in [1.165, 1.54) is 12.1 Å². The highest BCUT2D eigenvalue weighted by Crippen LogP contribution is 2.22. The van der Waals surface area contributed by atoms with Crippen molar-refractivity contribution in [1.82, 2.24) is 0 Å². The lowest BCUT2D eigenvalue weighted by molar-refractivity contribution is 0.0976. The fourth-order valence-corrected chi connectivity index (χ4v) is 1.96. The van der Waals surface area contributed by atoms with Crippen LogP contribution in [0.15, 0.2) is 18.2 Å². The van der Waals surface area contributed by atoms with Crippen molar-refractivity contribution in [3.05, 3.63) is 35.4 Å². The highest BCUT2D eigenvalue weighted by molar-refractivity contribution is 5.18. The zero-order chi connectivity index (χ0) is 12.3. The molecular weight excluding hydrogens is 210 g/mol. The molecule has 0 fully saturated rings. The summed E-state index contributed by atoms with van der Waals surface area (Å²) in [6, 6.07) is 3.50. The van der Waals surface area contributed by atoms with Crippen LogP contribution < -0.4 is 0 Å². The van der Waals surface area contributed by atoms with Crippen molar-refractivity contribution in [2.24, 2.45) is 11.8 Å². The first kappa shape index (κ1) is 13.1. The van der Waals surface area contributed by atoms with Crippen molar-refractivity contribution >= 4 is 0 Å². The van der Waals surface area contributed by atoms with Crippen LogP contribution in [0.3, 0.4) is 0 Å². The molecule has 1 N–H and O–H groups in total. The molecule has 1 aromatic carbocycles. The van der Waals surface area contributed by atoms with E-state index in [0.717, 1.165) is 6.07 Å². The Balaban J connectivity index is 2.85. The zero-order valence-electron chi connectivity index (χ0n) is 9.87. The van der Waals surface area contributed by atoms with E-state index < -0.39 is 17.7 Å². The van der Waals surface area contributed by atoms with Crippen LogP contribution in [0, 0.1) is 23.5 Å². The summed E-state index contributed by atoms with van der Waals surface area (Å²) in [6.07, 6.45) is 0.00984. The summed E-state index contributed by atoms with van der Waals surface area (Å²) in [4.78, 5) is 0. The minimum Gasteiger partial charge on any atom is -0.393 e. The summed E-state index contributed by atoms with van der Waals surface area (Å²) in [6.45, 7) is 5.69. The molecule has 1 aromatic rings. The molecule has 16 heavy (non-hydrogen) atoms. The molecule has 2 unspecified atom stereocenters. The minimum absolute atomic E-state index is 0.0150. The lowest BCUT2D eigenvalue weighted by atomic mass is 9.85. The molecule has 0 saturated heterocycles. The Kier molecular flexibility index (Phi) is 4.42. The fourth-order valence-electron chi connectivity index (χ4n) is 1.96. The van der Waals surface area contributed by atoms with Gasteiger partial charge in [0.25, 0.3) is 0 Å². The average molecular weight is 228 g/mol. The highest BCUT2D eigenvalue weighted by Gasteiger charge is 2.19. The van der Waals surface area contributed by atoms with E-state index in [0.29, 0.717) is 12.0 Å². The van der Waals surface area contributed by atoms with Crippen LogP contribution in [-0.2, 0) is 6.42 Å². The molecule has 0 amide bonds. The molecule has 0 heterocycles. The van der Waals surface area contributed by atoms with E-state index in [1.807, 2.05) is 13.8 Å². The molecule has 0 saturated carbocycles. The van der Waals surface area contributed by atoms with Crippen LogP contribution in [0.5, 0.6) is 0 Å². The lowest BCUT2D eigenvalue weighted by Gasteiger charge is -2.23. The van der Waals surface area contributed by atoms with Crippen LogP contribution in [0.2, 0.25) is 0 Å². The summed E-state index contributed by atoms with van der Waals surface area (Å²) in [5.74, 6) is -0.848. The predicted octanol–water partition coefficient (Wildman–Crippen LogP) is 3.16. The van der Waals surface area contributed by atoms with E-state index in [9.17, 15) is 13.9 Å². The van der Waals surface area contributed by atoms with Crippen molar-refractivity contribution in [3.63, 3.8) is 0 Å². The van der Waals surface area contributed by atoms with Gasteiger partial charge in [0.2, 0.25) is 0 Å². The molecule has 1 nitrogen and oxygen atoms in total. The molecule has 0 aromatic heterocycles. The summed E-state index contributed by atoms with van der Waals surface area (Å²) >= 11 is 0. The smallest absolute Gasteiger partial charge is 0.126 e. The summed E-state index contributed by atoms with van der Waals surface area (Å²) in [7, 11) is 0. The summed E-state index contributed by atoms with van der Waals surface area (Å²) in [5, 5.41) is 9.59. The second-order valence-corrected chi connectivity index (χ2v) is 4.63. The third-order valence-electron chi connectivity index (χ3n) is 2.87. The average Bonchev–Trinajstić information content (AvgIpc) is 2.11. The number of benzene rings is 1. The van der Waals surface area contributed by atoms with Gasteiger partial charge in [-0.05, 0) is 42.9 Å². The van der Waals surface area contributed by atoms with Crippen molar-refractivity contribution in [2.75, 3.05) is 0 Å². The molecule has 0 spiro atoms. The third-order valence-corrected chi connectivity index (χ3v) is 2.87. The number of aliphatic hydroxyl groups is 1. The van der Waals surface area contributed by atoms with Gasteiger partial charge in [-0.1, -0.05) is 13.8 Å². The minimum atomic E-state index is -0.567. The van der Waals surface area contributed by atoms with Gasteiger partial charge in [-0.3, -0.25) is 0 Å². The Morgan fingerprint density at radius 1 is 1.06 bits per heavy atom. The zero-order valence-corrected chi connectivity index (χ0v) is 9.87. The molecular formula is C13H18F2O. The van der Waals surface area contributed by atoms with E-state index in [1.54, 1.807) is 6.92 Å². The van der Waals surface area contributed by atoms with Gasteiger partial charge in [-0.2, -0.15) is 0 Å². The lowest BCUT2D eigenvalue weighted by Crippen LogP contribution is -2.24. The number of hydrogen-bond donors (Lipinski definition) is 1. The SMILES string of the molecule is CC(C)C(Cc1cc(F)cc(F)c1)C(C)O. The van der Waals surface area contributed by atoms with Crippen molar-refractivity contribution in [2.45, 2.75) is 33.3 Å². The topological polar surface area (TPSA) is 20.2 Å². The van der Waals surface area contributed by atoms with Crippen LogP contribution in [-0.4, -0.2) is 11.2 Å². The van der Waals surface area contributed by atoms with Crippen LogP contribution in [0.4, 0.5) is 8.78 Å². The van der Waals surface area contributed by atoms with Gasteiger partial charge in [-0.15, -0.1) is 0 Å². The van der Waals surface area contributed by atoms with E-state index in [-0.39, 0.29) is 11.8 Å². The Hall–Kier alpha value is -0.960. The maximum Gasteiger partial charge on any atom is 0.126 e. The molecule has 0 bridgehead atoms. The second-order valence-electron chi connectivity index (χ2n) is 4.63. The first-order valence-corrected chi connectivity index (χ1v) is 5.53. The Bertz CT molecular complexity index is 320. The molecule has 0 radical (unpaired) electrons. The number of rotatable bonds is 4. The summed E-state index contributed by atoms with van der Waals surface area (Å²) in [5.41, 5.74) is 0.595. The highest BCUT2D eigenvalue weighted by atomic mass is 19.1. The van der Waals surface area contributed by atoms with Crippen LogP contribution >= 0.6 is 0 Å². The molecule has 90 valence electrons. The van der Waals surface area contributed by atoms with Crippen LogP contribution in [0.1, 0.15) is 26.3 Å². The second kappa shape index (κ2) is 5.39. The molecule has 0 aliphatic rings. The normalized spacial score (nSPS) is 15.2. The van der Waals surface area contributed by atoms with Gasteiger partial charge >= 0.3 is 0 Å². The summed E-state index contributed by atoms with van der Waals surface area (Å²) < 4.78 is 26.0. The van der Waals surface area contributed by atoms with E-state index in [2.05, 4.69) is 0 Å². The van der Waals surface area contributed by atoms with Crippen LogP contribution in [0.25, 0.3) is 0 Å². The molecule has 3 heteroatoms. The Morgan fingerprint density at radius 2 is 1.56 bits per heavy atom. The van der Waals surface area contributed by atoms with E-state index in [4.69, 9.17) is 0 Å². The van der Waals surface area contributed by atoms with Crippen molar-refractivity contribution in [3.8, 4) is 0 Å².